The number of rotatable bonds is 1. The summed E-state index contributed by atoms with van der Waals surface area (Å²) in [6.45, 7) is 0. The zero-order chi connectivity index (χ0) is 11.0. The Bertz CT molecular complexity index is 526. The minimum Gasteiger partial charge on any atom is -0.373 e. The van der Waals surface area contributed by atoms with Gasteiger partial charge in [-0.15, -0.1) is 0 Å². The molecule has 0 unspecified atom stereocenters. The van der Waals surface area contributed by atoms with Gasteiger partial charge in [-0.2, -0.15) is 0 Å². The molecule has 78 valence electrons. The first kappa shape index (κ1) is 9.76. The van der Waals surface area contributed by atoms with Crippen LogP contribution >= 0.6 is 0 Å². The molecule has 1 heterocycles. The van der Waals surface area contributed by atoms with Crippen molar-refractivity contribution in [2.45, 2.75) is 0 Å². The third-order valence-electron chi connectivity index (χ3n) is 2.12. The Morgan fingerprint density at radius 3 is 2.60 bits per heavy atom. The van der Waals surface area contributed by atoms with E-state index in [1.54, 1.807) is 0 Å². The Morgan fingerprint density at radius 2 is 1.93 bits per heavy atom. The van der Waals surface area contributed by atoms with Crippen molar-refractivity contribution in [2.24, 2.45) is 0 Å². The van der Waals surface area contributed by atoms with E-state index in [0.717, 1.165) is 6.07 Å². The molecule has 1 aromatic carbocycles. The molecule has 0 saturated heterocycles. The number of benzene rings is 1. The van der Waals surface area contributed by atoms with E-state index in [1.807, 2.05) is 0 Å². The topological polar surface area (TPSA) is 24.9 Å². The molecule has 0 aliphatic rings. The first-order valence-corrected chi connectivity index (χ1v) is 4.25. The second-order valence-corrected chi connectivity index (χ2v) is 2.99. The Morgan fingerprint density at radius 1 is 1.20 bits per heavy atom. The molecule has 15 heavy (non-hydrogen) atoms. The van der Waals surface area contributed by atoms with E-state index in [4.69, 9.17) is 0 Å². The van der Waals surface area contributed by atoms with E-state index in [-0.39, 0.29) is 16.6 Å². The van der Waals surface area contributed by atoms with Crippen molar-refractivity contribution in [3.05, 3.63) is 35.8 Å². The molecule has 2 nitrogen and oxygen atoms in total. The van der Waals surface area contributed by atoms with Crippen molar-refractivity contribution >= 4 is 16.6 Å². The average molecular weight is 212 g/mol. The van der Waals surface area contributed by atoms with Crippen LogP contribution in [-0.2, 0) is 0 Å². The van der Waals surface area contributed by atoms with Crippen LogP contribution in [0.25, 0.3) is 10.8 Å². The molecule has 0 saturated carbocycles. The first-order chi connectivity index (χ1) is 7.15. The number of nitrogens with zero attached hydrogens (tertiary/aromatic N) is 1. The first-order valence-electron chi connectivity index (χ1n) is 4.25. The zero-order valence-corrected chi connectivity index (χ0v) is 7.81. The molecular weight excluding hydrogens is 205 g/mol. The van der Waals surface area contributed by atoms with Gasteiger partial charge < -0.3 is 5.32 Å². The summed E-state index contributed by atoms with van der Waals surface area (Å²) >= 11 is 0. The van der Waals surface area contributed by atoms with Gasteiger partial charge in [-0.3, -0.25) is 0 Å². The molecule has 0 amide bonds. The fourth-order valence-electron chi connectivity index (χ4n) is 1.43. The molecule has 0 bridgehead atoms. The molecule has 0 aliphatic heterocycles. The second-order valence-electron chi connectivity index (χ2n) is 2.99. The lowest BCUT2D eigenvalue weighted by atomic mass is 10.1. The van der Waals surface area contributed by atoms with Gasteiger partial charge in [-0.25, -0.2) is 18.2 Å². The van der Waals surface area contributed by atoms with Crippen molar-refractivity contribution < 1.29 is 13.2 Å². The molecule has 0 spiro atoms. The molecular formula is C10H7F3N2. The number of hydrogen-bond acceptors (Lipinski definition) is 2. The van der Waals surface area contributed by atoms with Crippen LogP contribution in [0.2, 0.25) is 0 Å². The Kier molecular flexibility index (Phi) is 2.22. The van der Waals surface area contributed by atoms with Crippen LogP contribution in [0.15, 0.2) is 18.3 Å². The van der Waals surface area contributed by atoms with Crippen LogP contribution in [-0.4, -0.2) is 12.0 Å². The molecule has 0 atom stereocenters. The SMILES string of the molecule is CNc1nccc2cc(F)c(F)c(F)c12. The quantitative estimate of drug-likeness (QED) is 0.735. The predicted octanol–water partition coefficient (Wildman–Crippen LogP) is 2.69. The van der Waals surface area contributed by atoms with Crippen molar-refractivity contribution in [1.29, 1.82) is 0 Å². The van der Waals surface area contributed by atoms with Gasteiger partial charge in [0.25, 0.3) is 0 Å². The van der Waals surface area contributed by atoms with Crippen LogP contribution < -0.4 is 5.32 Å². The summed E-state index contributed by atoms with van der Waals surface area (Å²) in [6.07, 6.45) is 1.39. The lowest BCUT2D eigenvalue weighted by Gasteiger charge is -2.06. The van der Waals surface area contributed by atoms with Crippen molar-refractivity contribution in [2.75, 3.05) is 12.4 Å². The third-order valence-corrected chi connectivity index (χ3v) is 2.12. The van der Waals surface area contributed by atoms with Gasteiger partial charge in [0.05, 0.1) is 5.39 Å². The Labute approximate surface area is 83.7 Å². The minimum absolute atomic E-state index is 0.0427. The van der Waals surface area contributed by atoms with Crippen molar-refractivity contribution in [3.63, 3.8) is 0 Å². The highest BCUT2D eigenvalue weighted by molar-refractivity contribution is 5.92. The number of nitrogens with one attached hydrogen (secondary N) is 1. The van der Waals surface area contributed by atoms with Gasteiger partial charge in [0.2, 0.25) is 0 Å². The summed E-state index contributed by atoms with van der Waals surface area (Å²) in [5.74, 6) is -3.72. The van der Waals surface area contributed by atoms with Gasteiger partial charge in [-0.1, -0.05) is 0 Å². The van der Waals surface area contributed by atoms with Crippen LogP contribution in [0.5, 0.6) is 0 Å². The largest absolute Gasteiger partial charge is 0.373 e. The van der Waals surface area contributed by atoms with E-state index in [1.165, 1.54) is 19.3 Å². The van der Waals surface area contributed by atoms with E-state index in [9.17, 15) is 13.2 Å². The van der Waals surface area contributed by atoms with Crippen LogP contribution in [0.3, 0.4) is 0 Å². The number of anilines is 1. The molecule has 1 N–H and O–H groups in total. The van der Waals surface area contributed by atoms with Crippen LogP contribution in [0.4, 0.5) is 19.0 Å². The molecule has 0 aliphatic carbocycles. The smallest absolute Gasteiger partial charge is 0.195 e. The van der Waals surface area contributed by atoms with E-state index < -0.39 is 17.5 Å². The summed E-state index contributed by atoms with van der Waals surface area (Å²) in [5, 5.41) is 2.84. The second kappa shape index (κ2) is 3.42. The molecule has 2 aromatic rings. The zero-order valence-electron chi connectivity index (χ0n) is 7.81. The summed E-state index contributed by atoms with van der Waals surface area (Å²) < 4.78 is 39.3. The molecule has 0 radical (unpaired) electrons. The van der Waals surface area contributed by atoms with E-state index >= 15 is 0 Å². The Hall–Kier alpha value is -1.78. The molecule has 1 aromatic heterocycles. The van der Waals surface area contributed by atoms with Gasteiger partial charge >= 0.3 is 0 Å². The van der Waals surface area contributed by atoms with Crippen LogP contribution in [0.1, 0.15) is 0 Å². The minimum atomic E-state index is -1.48. The van der Waals surface area contributed by atoms with E-state index in [2.05, 4.69) is 10.3 Å². The molecule has 2 rings (SSSR count). The van der Waals surface area contributed by atoms with Gasteiger partial charge in [-0.05, 0) is 17.5 Å². The maximum Gasteiger partial charge on any atom is 0.195 e. The number of halogens is 3. The normalized spacial score (nSPS) is 10.7. The number of aromatic nitrogens is 1. The summed E-state index contributed by atoms with van der Waals surface area (Å²) in [4.78, 5) is 3.82. The standard InChI is InChI=1S/C10H7F3N2/c1-14-10-7-5(2-3-15-10)4-6(11)8(12)9(7)13/h2-4H,1H3,(H,14,15). The highest BCUT2D eigenvalue weighted by atomic mass is 19.2. The third kappa shape index (κ3) is 1.40. The maximum atomic E-state index is 13.4. The number of fused-ring (bicyclic) bond motifs is 1. The highest BCUT2D eigenvalue weighted by Crippen LogP contribution is 2.27. The average Bonchev–Trinajstić information content (AvgIpc) is 2.25. The summed E-state index contributed by atoms with van der Waals surface area (Å²) in [7, 11) is 1.53. The van der Waals surface area contributed by atoms with Crippen molar-refractivity contribution in [3.8, 4) is 0 Å². The lowest BCUT2D eigenvalue weighted by molar-refractivity contribution is 0.453. The van der Waals surface area contributed by atoms with Crippen LogP contribution in [0, 0.1) is 17.5 Å². The number of pyridine rings is 1. The fourth-order valence-corrected chi connectivity index (χ4v) is 1.43. The predicted molar refractivity (Wildman–Crippen MR) is 51.2 cm³/mol. The van der Waals surface area contributed by atoms with Gasteiger partial charge in [0.1, 0.15) is 5.82 Å². The number of hydrogen-bond donors (Lipinski definition) is 1. The molecule has 0 fully saturated rings. The highest BCUT2D eigenvalue weighted by Gasteiger charge is 2.16. The van der Waals surface area contributed by atoms with E-state index in [0.29, 0.717) is 0 Å². The summed E-state index contributed by atoms with van der Waals surface area (Å²) in [6, 6.07) is 2.36. The fraction of sp³-hybridized carbons (Fsp3) is 0.100. The Balaban J connectivity index is 2.93. The van der Waals surface area contributed by atoms with Gasteiger partial charge in [0, 0.05) is 13.2 Å². The molecule has 5 heteroatoms. The van der Waals surface area contributed by atoms with Gasteiger partial charge in [0.15, 0.2) is 17.5 Å². The van der Waals surface area contributed by atoms with Crippen molar-refractivity contribution in [1.82, 2.24) is 4.98 Å². The monoisotopic (exact) mass is 212 g/mol. The lowest BCUT2D eigenvalue weighted by Crippen LogP contribution is -1.98. The summed E-state index contributed by atoms with van der Waals surface area (Å²) in [5.41, 5.74) is 0. The maximum absolute atomic E-state index is 13.4.